The Morgan fingerprint density at radius 1 is 1.40 bits per heavy atom. The number of carbonyl (C=O) groups excluding carboxylic acids is 1. The number of carbonyl (C=O) groups is 1. The van der Waals surface area contributed by atoms with Gasteiger partial charge in [-0.05, 0) is 6.92 Å². The predicted octanol–water partition coefficient (Wildman–Crippen LogP) is 2.44. The van der Waals surface area contributed by atoms with E-state index in [1.54, 1.807) is 0 Å². The fourth-order valence-corrected chi connectivity index (χ4v) is 0.793. The molecule has 0 radical (unpaired) electrons. The van der Waals surface area contributed by atoms with E-state index in [4.69, 9.17) is 0 Å². The van der Waals surface area contributed by atoms with Gasteiger partial charge in [0.1, 0.15) is 0 Å². The normalized spacial score (nSPS) is 9.20. The van der Waals surface area contributed by atoms with Gasteiger partial charge in [0, 0.05) is 18.2 Å². The van der Waals surface area contributed by atoms with Crippen LogP contribution in [0.3, 0.4) is 0 Å². The van der Waals surface area contributed by atoms with Crippen LogP contribution < -0.4 is 0 Å². The monoisotopic (exact) mass is 166 g/mol. The molecular formula is C6H8F2OS. The largest absolute Gasteiger partial charge is 0.288 e. The molecule has 0 aliphatic rings. The fourth-order valence-electron chi connectivity index (χ4n) is 0.264. The second-order valence-electron chi connectivity index (χ2n) is 1.82. The molecule has 10 heavy (non-hydrogen) atoms. The maximum atomic E-state index is 11.6. The summed E-state index contributed by atoms with van der Waals surface area (Å²) in [7, 11) is 0. The molecule has 0 atom stereocenters. The molecule has 1 nitrogen and oxygen atoms in total. The maximum absolute atomic E-state index is 11.6. The van der Waals surface area contributed by atoms with Crippen molar-refractivity contribution < 1.29 is 13.6 Å². The highest BCUT2D eigenvalue weighted by atomic mass is 32.2. The average molecular weight is 166 g/mol. The zero-order chi connectivity index (χ0) is 8.15. The first kappa shape index (κ1) is 9.62. The molecule has 0 bridgehead atoms. The number of hydrogen-bond donors (Lipinski definition) is 0. The van der Waals surface area contributed by atoms with Gasteiger partial charge in [0.05, 0.1) is 0 Å². The van der Waals surface area contributed by atoms with E-state index < -0.39 is 6.08 Å². The minimum atomic E-state index is -1.69. The van der Waals surface area contributed by atoms with Gasteiger partial charge in [-0.1, -0.05) is 11.8 Å². The van der Waals surface area contributed by atoms with Crippen LogP contribution in [0.1, 0.15) is 13.8 Å². The lowest BCUT2D eigenvalue weighted by Gasteiger charge is -1.94. The third-order valence-corrected chi connectivity index (χ3v) is 1.80. The van der Waals surface area contributed by atoms with Crippen LogP contribution in [0.4, 0.5) is 8.78 Å². The van der Waals surface area contributed by atoms with Crippen molar-refractivity contribution in [2.45, 2.75) is 13.8 Å². The molecule has 0 saturated heterocycles. The van der Waals surface area contributed by atoms with Crippen molar-refractivity contribution in [1.29, 1.82) is 0 Å². The second-order valence-corrected chi connectivity index (χ2v) is 2.97. The summed E-state index contributed by atoms with van der Waals surface area (Å²) in [6.07, 6.45) is -1.69. The van der Waals surface area contributed by atoms with E-state index >= 15 is 0 Å². The van der Waals surface area contributed by atoms with Crippen molar-refractivity contribution in [1.82, 2.24) is 0 Å². The van der Waals surface area contributed by atoms with E-state index in [1.807, 2.05) is 0 Å². The van der Waals surface area contributed by atoms with Crippen LogP contribution in [-0.2, 0) is 4.79 Å². The molecule has 0 aromatic carbocycles. The SMILES string of the molecule is CC(=O)SCC(C)=C(F)F. The molecule has 0 amide bonds. The highest BCUT2D eigenvalue weighted by Crippen LogP contribution is 2.13. The lowest BCUT2D eigenvalue weighted by atomic mass is 10.4. The smallest absolute Gasteiger partial charge is 0.270 e. The van der Waals surface area contributed by atoms with Gasteiger partial charge < -0.3 is 0 Å². The second kappa shape index (κ2) is 4.44. The molecule has 0 aromatic heterocycles. The number of halogens is 2. The molecule has 0 aliphatic heterocycles. The summed E-state index contributed by atoms with van der Waals surface area (Å²) >= 11 is 0.891. The minimum absolute atomic E-state index is 0.0276. The van der Waals surface area contributed by atoms with E-state index in [0.717, 1.165) is 11.8 Å². The predicted molar refractivity (Wildman–Crippen MR) is 38.1 cm³/mol. The zero-order valence-corrected chi connectivity index (χ0v) is 6.60. The van der Waals surface area contributed by atoms with Gasteiger partial charge >= 0.3 is 0 Å². The molecule has 0 rings (SSSR count). The summed E-state index contributed by atoms with van der Waals surface area (Å²) in [5.41, 5.74) is -0.0276. The summed E-state index contributed by atoms with van der Waals surface area (Å²) < 4.78 is 23.3. The third kappa shape index (κ3) is 4.49. The maximum Gasteiger partial charge on any atom is 0.270 e. The van der Waals surface area contributed by atoms with Crippen LogP contribution in [0.5, 0.6) is 0 Å². The molecular weight excluding hydrogens is 158 g/mol. The molecule has 58 valence electrons. The standard InChI is InChI=1S/C6H8F2OS/c1-4(6(7)8)3-10-5(2)9/h3H2,1-2H3. The summed E-state index contributed by atoms with van der Waals surface area (Å²) in [6.45, 7) is 2.67. The first-order valence-corrected chi connectivity index (χ1v) is 3.66. The van der Waals surface area contributed by atoms with E-state index in [1.165, 1.54) is 13.8 Å². The zero-order valence-electron chi connectivity index (χ0n) is 5.78. The number of rotatable bonds is 2. The van der Waals surface area contributed by atoms with Crippen molar-refractivity contribution in [2.24, 2.45) is 0 Å². The lowest BCUT2D eigenvalue weighted by Crippen LogP contribution is -1.88. The van der Waals surface area contributed by atoms with Crippen LogP contribution in [-0.4, -0.2) is 10.9 Å². The molecule has 0 fully saturated rings. The third-order valence-electron chi connectivity index (χ3n) is 0.815. The van der Waals surface area contributed by atoms with Gasteiger partial charge in [-0.2, -0.15) is 8.78 Å². The van der Waals surface area contributed by atoms with Crippen molar-refractivity contribution in [3.05, 3.63) is 11.7 Å². The van der Waals surface area contributed by atoms with Gasteiger partial charge in [0.15, 0.2) is 5.12 Å². The topological polar surface area (TPSA) is 17.1 Å². The molecule has 0 aromatic rings. The van der Waals surface area contributed by atoms with Gasteiger partial charge in [0.2, 0.25) is 0 Å². The molecule has 0 saturated carbocycles. The Morgan fingerprint density at radius 3 is 2.20 bits per heavy atom. The molecule has 0 aliphatic carbocycles. The first-order valence-electron chi connectivity index (χ1n) is 2.68. The average Bonchev–Trinajstić information content (AvgIpc) is 1.82. The minimum Gasteiger partial charge on any atom is -0.288 e. The van der Waals surface area contributed by atoms with E-state index in [0.29, 0.717) is 0 Å². The molecule has 0 heterocycles. The summed E-state index contributed by atoms with van der Waals surface area (Å²) in [4.78, 5) is 10.3. The Hall–Kier alpha value is -0.380. The van der Waals surface area contributed by atoms with Gasteiger partial charge in [-0.25, -0.2) is 0 Å². The summed E-state index contributed by atoms with van der Waals surface area (Å²) in [5, 5.41) is -0.138. The van der Waals surface area contributed by atoms with Gasteiger partial charge in [-0.3, -0.25) is 4.79 Å². The summed E-state index contributed by atoms with van der Waals surface area (Å²) in [5.74, 6) is 0.0949. The Bertz CT molecular complexity index is 161. The molecule has 0 N–H and O–H groups in total. The quantitative estimate of drug-likeness (QED) is 0.626. The van der Waals surface area contributed by atoms with E-state index in [2.05, 4.69) is 0 Å². The Labute approximate surface area is 62.5 Å². The van der Waals surface area contributed by atoms with Crippen molar-refractivity contribution in [3.63, 3.8) is 0 Å². The fraction of sp³-hybridized carbons (Fsp3) is 0.500. The highest BCUT2D eigenvalue weighted by molar-refractivity contribution is 8.13. The molecule has 4 heteroatoms. The van der Waals surface area contributed by atoms with Crippen molar-refractivity contribution in [2.75, 3.05) is 5.75 Å². The highest BCUT2D eigenvalue weighted by Gasteiger charge is 2.01. The van der Waals surface area contributed by atoms with Gasteiger partial charge in [-0.15, -0.1) is 0 Å². The molecule has 0 spiro atoms. The van der Waals surface area contributed by atoms with Crippen LogP contribution >= 0.6 is 11.8 Å². The van der Waals surface area contributed by atoms with Crippen molar-refractivity contribution >= 4 is 16.9 Å². The van der Waals surface area contributed by atoms with E-state index in [-0.39, 0.29) is 16.4 Å². The Balaban J connectivity index is 3.71. The number of thioether (sulfide) groups is 1. The summed E-state index contributed by atoms with van der Waals surface area (Å²) in [6, 6.07) is 0. The van der Waals surface area contributed by atoms with Crippen molar-refractivity contribution in [3.8, 4) is 0 Å². The van der Waals surface area contributed by atoms with Crippen LogP contribution in [0.2, 0.25) is 0 Å². The van der Waals surface area contributed by atoms with Crippen LogP contribution in [0, 0.1) is 0 Å². The van der Waals surface area contributed by atoms with Gasteiger partial charge in [0.25, 0.3) is 6.08 Å². The van der Waals surface area contributed by atoms with Crippen LogP contribution in [0.25, 0.3) is 0 Å². The molecule has 0 unspecified atom stereocenters. The Morgan fingerprint density at radius 2 is 1.90 bits per heavy atom. The van der Waals surface area contributed by atoms with Crippen LogP contribution in [0.15, 0.2) is 11.7 Å². The Kier molecular flexibility index (Phi) is 4.27. The lowest BCUT2D eigenvalue weighted by molar-refractivity contribution is -0.109. The first-order chi connectivity index (χ1) is 4.54. The number of hydrogen-bond acceptors (Lipinski definition) is 2. The van der Waals surface area contributed by atoms with E-state index in [9.17, 15) is 13.6 Å².